The van der Waals surface area contributed by atoms with Crippen molar-refractivity contribution >= 4 is 26.8 Å². The number of aromatic nitrogens is 2. The van der Waals surface area contributed by atoms with Crippen molar-refractivity contribution in [1.82, 2.24) is 9.97 Å². The van der Waals surface area contributed by atoms with Gasteiger partial charge >= 0.3 is 0 Å². The van der Waals surface area contributed by atoms with Gasteiger partial charge in [-0.15, -0.1) is 0 Å². The van der Waals surface area contributed by atoms with Crippen molar-refractivity contribution in [2.24, 2.45) is 0 Å². The van der Waals surface area contributed by atoms with Crippen LogP contribution in [0.4, 0.5) is 0 Å². The van der Waals surface area contributed by atoms with Crippen LogP contribution in [0.5, 0.6) is 0 Å². The van der Waals surface area contributed by atoms with Gasteiger partial charge in [-0.05, 0) is 28.1 Å². The van der Waals surface area contributed by atoms with Crippen LogP contribution in [0.3, 0.4) is 0 Å². The average molecular weight is 234 g/mol. The molecule has 0 amide bonds. The third-order valence-corrected chi connectivity index (χ3v) is 2.39. The van der Waals surface area contributed by atoms with Gasteiger partial charge in [-0.2, -0.15) is 5.26 Å². The molecule has 0 aliphatic rings. The Bertz CT molecular complexity index is 502. The van der Waals surface area contributed by atoms with Gasteiger partial charge in [0.15, 0.2) is 0 Å². The lowest BCUT2D eigenvalue weighted by atomic mass is 10.1. The quantitative estimate of drug-likeness (QED) is 0.702. The summed E-state index contributed by atoms with van der Waals surface area (Å²) >= 11 is 3.36. The van der Waals surface area contributed by atoms with E-state index in [1.807, 2.05) is 6.07 Å². The zero-order valence-corrected chi connectivity index (χ0v) is 8.12. The molecule has 2 aromatic rings. The van der Waals surface area contributed by atoms with E-state index in [1.165, 1.54) is 6.33 Å². The topological polar surface area (TPSA) is 49.6 Å². The number of rotatable bonds is 0. The Morgan fingerprint density at radius 2 is 2.23 bits per heavy atom. The summed E-state index contributed by atoms with van der Waals surface area (Å²) in [7, 11) is 0. The largest absolute Gasteiger partial charge is 0.244 e. The molecule has 1 aromatic heterocycles. The zero-order chi connectivity index (χ0) is 9.26. The van der Waals surface area contributed by atoms with E-state index in [0.29, 0.717) is 5.56 Å². The fourth-order valence-electron chi connectivity index (χ4n) is 1.14. The van der Waals surface area contributed by atoms with Crippen LogP contribution >= 0.6 is 15.9 Å². The van der Waals surface area contributed by atoms with E-state index in [1.54, 1.807) is 12.3 Å². The first-order valence-corrected chi connectivity index (χ1v) is 4.40. The van der Waals surface area contributed by atoms with Gasteiger partial charge in [0.05, 0.1) is 17.1 Å². The predicted molar refractivity (Wildman–Crippen MR) is 52.0 cm³/mol. The molecule has 0 atom stereocenters. The van der Waals surface area contributed by atoms with Crippen molar-refractivity contribution in [1.29, 1.82) is 5.26 Å². The van der Waals surface area contributed by atoms with E-state index >= 15 is 0 Å². The fraction of sp³-hybridized carbons (Fsp3) is 0. The van der Waals surface area contributed by atoms with Gasteiger partial charge in [-0.25, -0.2) is 9.97 Å². The molecule has 0 radical (unpaired) electrons. The SMILES string of the molecule is N#Cc1ccc(Br)c2ncncc12. The summed E-state index contributed by atoms with van der Waals surface area (Å²) in [6.45, 7) is 0. The molecule has 0 spiro atoms. The minimum atomic E-state index is 0.596. The Morgan fingerprint density at radius 3 is 3.00 bits per heavy atom. The van der Waals surface area contributed by atoms with Crippen LogP contribution in [0.25, 0.3) is 10.9 Å². The molecule has 0 N–H and O–H groups in total. The number of fused-ring (bicyclic) bond motifs is 1. The highest BCUT2D eigenvalue weighted by Crippen LogP contribution is 2.23. The van der Waals surface area contributed by atoms with Crippen LogP contribution < -0.4 is 0 Å². The molecule has 62 valence electrons. The summed E-state index contributed by atoms with van der Waals surface area (Å²) in [4.78, 5) is 7.96. The molecule has 1 aromatic carbocycles. The van der Waals surface area contributed by atoms with Gasteiger partial charge < -0.3 is 0 Å². The van der Waals surface area contributed by atoms with Gasteiger partial charge in [0.25, 0.3) is 0 Å². The smallest absolute Gasteiger partial charge is 0.116 e. The number of nitrogens with zero attached hydrogens (tertiary/aromatic N) is 3. The fourth-order valence-corrected chi connectivity index (χ4v) is 1.59. The molecule has 2 rings (SSSR count). The Hall–Kier alpha value is -1.47. The molecule has 0 unspecified atom stereocenters. The summed E-state index contributed by atoms with van der Waals surface area (Å²) in [6.07, 6.45) is 3.11. The maximum atomic E-state index is 8.81. The third-order valence-electron chi connectivity index (χ3n) is 1.75. The number of hydrogen-bond donors (Lipinski definition) is 0. The summed E-state index contributed by atoms with van der Waals surface area (Å²) in [6, 6.07) is 5.66. The number of nitriles is 1. The first kappa shape index (κ1) is 8.14. The maximum Gasteiger partial charge on any atom is 0.116 e. The highest BCUT2D eigenvalue weighted by molar-refractivity contribution is 9.10. The average Bonchev–Trinajstić information content (AvgIpc) is 2.19. The second kappa shape index (κ2) is 3.11. The third kappa shape index (κ3) is 1.27. The van der Waals surface area contributed by atoms with Crippen molar-refractivity contribution in [3.05, 3.63) is 34.7 Å². The van der Waals surface area contributed by atoms with Crippen molar-refractivity contribution in [2.45, 2.75) is 0 Å². The molecular weight excluding hydrogens is 230 g/mol. The van der Waals surface area contributed by atoms with Gasteiger partial charge in [0, 0.05) is 16.1 Å². The van der Waals surface area contributed by atoms with Crippen molar-refractivity contribution in [3.8, 4) is 6.07 Å². The molecule has 0 fully saturated rings. The van der Waals surface area contributed by atoms with E-state index in [0.717, 1.165) is 15.4 Å². The maximum absolute atomic E-state index is 8.81. The Balaban J connectivity index is 2.95. The van der Waals surface area contributed by atoms with Crippen LogP contribution in [-0.2, 0) is 0 Å². The molecule has 0 saturated carbocycles. The molecule has 0 bridgehead atoms. The molecule has 0 aliphatic carbocycles. The summed E-state index contributed by atoms with van der Waals surface area (Å²) in [5.41, 5.74) is 1.37. The van der Waals surface area contributed by atoms with E-state index in [2.05, 4.69) is 32.0 Å². The van der Waals surface area contributed by atoms with Crippen LogP contribution in [-0.4, -0.2) is 9.97 Å². The summed E-state index contributed by atoms with van der Waals surface area (Å²) in [5, 5.41) is 9.58. The van der Waals surface area contributed by atoms with E-state index in [-0.39, 0.29) is 0 Å². The van der Waals surface area contributed by atoms with E-state index in [9.17, 15) is 0 Å². The molecule has 1 heterocycles. The van der Waals surface area contributed by atoms with E-state index < -0.39 is 0 Å². The minimum absolute atomic E-state index is 0.596. The Morgan fingerprint density at radius 1 is 1.38 bits per heavy atom. The molecule has 0 saturated heterocycles. The lowest BCUT2D eigenvalue weighted by Crippen LogP contribution is -1.85. The van der Waals surface area contributed by atoms with Gasteiger partial charge in [0.1, 0.15) is 6.33 Å². The van der Waals surface area contributed by atoms with Crippen LogP contribution in [0.15, 0.2) is 29.1 Å². The van der Waals surface area contributed by atoms with E-state index in [4.69, 9.17) is 5.26 Å². The number of halogens is 1. The molecule has 4 heteroatoms. The molecule has 13 heavy (non-hydrogen) atoms. The molecule has 3 nitrogen and oxygen atoms in total. The summed E-state index contributed by atoms with van der Waals surface area (Å²) < 4.78 is 0.879. The first-order valence-electron chi connectivity index (χ1n) is 3.61. The van der Waals surface area contributed by atoms with Crippen molar-refractivity contribution in [3.63, 3.8) is 0 Å². The number of benzene rings is 1. The monoisotopic (exact) mass is 233 g/mol. The first-order chi connectivity index (χ1) is 6.33. The minimum Gasteiger partial charge on any atom is -0.244 e. The normalized spacial score (nSPS) is 9.85. The Labute approximate surface area is 83.2 Å². The van der Waals surface area contributed by atoms with Gasteiger partial charge in [-0.1, -0.05) is 0 Å². The zero-order valence-electron chi connectivity index (χ0n) is 6.53. The second-order valence-corrected chi connectivity index (χ2v) is 3.35. The lowest BCUT2D eigenvalue weighted by molar-refractivity contribution is 1.22. The highest BCUT2D eigenvalue weighted by atomic mass is 79.9. The van der Waals surface area contributed by atoms with Gasteiger partial charge in [-0.3, -0.25) is 0 Å². The summed E-state index contributed by atoms with van der Waals surface area (Å²) in [5.74, 6) is 0. The Kier molecular flexibility index (Phi) is 1.95. The lowest BCUT2D eigenvalue weighted by Gasteiger charge is -1.99. The van der Waals surface area contributed by atoms with Crippen LogP contribution in [0.2, 0.25) is 0 Å². The standard InChI is InChI=1S/C9H4BrN3/c10-8-2-1-6(3-11)7-4-12-5-13-9(7)8/h1-2,4-5H. The highest BCUT2D eigenvalue weighted by Gasteiger charge is 2.03. The van der Waals surface area contributed by atoms with Crippen LogP contribution in [0.1, 0.15) is 5.56 Å². The number of hydrogen-bond acceptors (Lipinski definition) is 3. The van der Waals surface area contributed by atoms with Gasteiger partial charge in [0.2, 0.25) is 0 Å². The molecule has 0 aliphatic heterocycles. The van der Waals surface area contributed by atoms with Crippen molar-refractivity contribution in [2.75, 3.05) is 0 Å². The van der Waals surface area contributed by atoms with Crippen LogP contribution in [0, 0.1) is 11.3 Å². The molecular formula is C9H4BrN3. The predicted octanol–water partition coefficient (Wildman–Crippen LogP) is 2.26. The van der Waals surface area contributed by atoms with Crippen molar-refractivity contribution < 1.29 is 0 Å². The second-order valence-electron chi connectivity index (χ2n) is 2.49.